The molecule has 1 atom stereocenters. The van der Waals surface area contributed by atoms with Crippen molar-refractivity contribution in [2.45, 2.75) is 19.9 Å². The number of nitrogens with zero attached hydrogens (tertiary/aromatic N) is 1. The zero-order chi connectivity index (χ0) is 12.1. The Balaban J connectivity index is 0. The summed E-state index contributed by atoms with van der Waals surface area (Å²) < 4.78 is 4.81. The molecule has 3 N–H and O–H groups in total. The number of carbonyl (C=O) groups is 1. The SMILES string of the molecule is COCC(N)C(=O)Nc1ccc(C)nc1C.Cl.Cl. The Morgan fingerprint density at radius 3 is 2.56 bits per heavy atom. The third-order valence-electron chi connectivity index (χ3n) is 2.17. The molecule has 0 aliphatic carbocycles. The third-order valence-corrected chi connectivity index (χ3v) is 2.17. The first kappa shape index (κ1) is 19.5. The van der Waals surface area contributed by atoms with Crippen molar-refractivity contribution in [1.29, 1.82) is 0 Å². The molecule has 1 aromatic rings. The predicted octanol–water partition coefficient (Wildman–Crippen LogP) is 1.45. The number of hydrogen-bond donors (Lipinski definition) is 2. The van der Waals surface area contributed by atoms with Crippen molar-refractivity contribution in [3.8, 4) is 0 Å². The van der Waals surface area contributed by atoms with Gasteiger partial charge in [0.1, 0.15) is 6.04 Å². The van der Waals surface area contributed by atoms with Crippen LogP contribution in [0.4, 0.5) is 5.69 Å². The Bertz CT molecular complexity index is 389. The number of halogens is 2. The maximum Gasteiger partial charge on any atom is 0.243 e. The molecule has 0 bridgehead atoms. The molecule has 0 spiro atoms. The lowest BCUT2D eigenvalue weighted by atomic mass is 10.2. The summed E-state index contributed by atoms with van der Waals surface area (Å²) in [5.74, 6) is -0.268. The standard InChI is InChI=1S/C11H17N3O2.2ClH/c1-7-4-5-10(8(2)13-7)14-11(15)9(12)6-16-3;;/h4-5,9H,6,12H2,1-3H3,(H,14,15);2*1H. The molecule has 1 unspecified atom stereocenters. The highest BCUT2D eigenvalue weighted by molar-refractivity contribution is 5.95. The Morgan fingerprint density at radius 1 is 1.44 bits per heavy atom. The maximum atomic E-state index is 11.6. The summed E-state index contributed by atoms with van der Waals surface area (Å²) in [6.07, 6.45) is 0. The molecule has 7 heteroatoms. The van der Waals surface area contributed by atoms with E-state index in [0.29, 0.717) is 5.69 Å². The van der Waals surface area contributed by atoms with Crippen molar-refractivity contribution in [2.24, 2.45) is 5.73 Å². The van der Waals surface area contributed by atoms with Gasteiger partial charge in [-0.2, -0.15) is 0 Å². The summed E-state index contributed by atoms with van der Waals surface area (Å²) in [6, 6.07) is 2.99. The third kappa shape index (κ3) is 5.64. The number of aromatic nitrogens is 1. The second kappa shape index (κ2) is 9.10. The van der Waals surface area contributed by atoms with E-state index in [-0.39, 0.29) is 37.3 Å². The van der Waals surface area contributed by atoms with Crippen LogP contribution in [0.25, 0.3) is 0 Å². The summed E-state index contributed by atoms with van der Waals surface area (Å²) in [5.41, 5.74) is 7.97. The van der Waals surface area contributed by atoms with E-state index in [9.17, 15) is 4.79 Å². The van der Waals surface area contributed by atoms with Crippen LogP contribution in [0.2, 0.25) is 0 Å². The van der Waals surface area contributed by atoms with E-state index in [1.807, 2.05) is 26.0 Å². The predicted molar refractivity (Wildman–Crippen MR) is 76.7 cm³/mol. The van der Waals surface area contributed by atoms with Crippen LogP contribution in [0.5, 0.6) is 0 Å². The number of ether oxygens (including phenoxy) is 1. The molecule has 0 aromatic carbocycles. The lowest BCUT2D eigenvalue weighted by molar-refractivity contribution is -0.118. The molecule has 1 aromatic heterocycles. The zero-order valence-electron chi connectivity index (χ0n) is 10.6. The van der Waals surface area contributed by atoms with Gasteiger partial charge < -0.3 is 15.8 Å². The molecule has 104 valence electrons. The quantitative estimate of drug-likeness (QED) is 0.881. The molecule has 0 aliphatic heterocycles. The van der Waals surface area contributed by atoms with E-state index in [1.54, 1.807) is 0 Å². The number of nitrogens with one attached hydrogen (secondary N) is 1. The molecule has 0 aliphatic rings. The van der Waals surface area contributed by atoms with Gasteiger partial charge in [-0.3, -0.25) is 9.78 Å². The molecule has 1 rings (SSSR count). The van der Waals surface area contributed by atoms with Crippen LogP contribution in [-0.4, -0.2) is 30.6 Å². The lowest BCUT2D eigenvalue weighted by Crippen LogP contribution is -2.39. The number of anilines is 1. The summed E-state index contributed by atoms with van der Waals surface area (Å²) in [5, 5.41) is 2.72. The fourth-order valence-corrected chi connectivity index (χ4v) is 1.30. The molecular weight excluding hydrogens is 277 g/mol. The zero-order valence-corrected chi connectivity index (χ0v) is 12.2. The van der Waals surface area contributed by atoms with E-state index in [2.05, 4.69) is 10.3 Å². The van der Waals surface area contributed by atoms with Crippen LogP contribution in [0.15, 0.2) is 12.1 Å². The average molecular weight is 296 g/mol. The van der Waals surface area contributed by atoms with Crippen LogP contribution in [0.1, 0.15) is 11.4 Å². The van der Waals surface area contributed by atoms with Gasteiger partial charge in [-0.1, -0.05) is 0 Å². The van der Waals surface area contributed by atoms with Crippen molar-refractivity contribution in [3.05, 3.63) is 23.5 Å². The minimum Gasteiger partial charge on any atom is -0.383 e. The summed E-state index contributed by atoms with van der Waals surface area (Å²) in [6.45, 7) is 3.93. The number of carbonyl (C=O) groups excluding carboxylic acids is 1. The molecule has 1 amide bonds. The second-order valence-electron chi connectivity index (χ2n) is 3.64. The fourth-order valence-electron chi connectivity index (χ4n) is 1.30. The lowest BCUT2D eigenvalue weighted by Gasteiger charge is -2.12. The number of hydrogen-bond acceptors (Lipinski definition) is 4. The van der Waals surface area contributed by atoms with E-state index in [4.69, 9.17) is 10.5 Å². The van der Waals surface area contributed by atoms with Gasteiger partial charge in [0.15, 0.2) is 0 Å². The fraction of sp³-hybridized carbons (Fsp3) is 0.455. The highest BCUT2D eigenvalue weighted by Gasteiger charge is 2.14. The smallest absolute Gasteiger partial charge is 0.243 e. The Kier molecular flexibility index (Phi) is 9.84. The van der Waals surface area contributed by atoms with Gasteiger partial charge in [0.05, 0.1) is 18.0 Å². The number of aryl methyl sites for hydroxylation is 2. The van der Waals surface area contributed by atoms with E-state index < -0.39 is 6.04 Å². The summed E-state index contributed by atoms with van der Waals surface area (Å²) in [4.78, 5) is 15.8. The van der Waals surface area contributed by atoms with Gasteiger partial charge >= 0.3 is 0 Å². The summed E-state index contributed by atoms with van der Waals surface area (Å²) >= 11 is 0. The van der Waals surface area contributed by atoms with Gasteiger partial charge in [-0.25, -0.2) is 0 Å². The molecule has 0 saturated heterocycles. The molecule has 0 saturated carbocycles. The first-order valence-electron chi connectivity index (χ1n) is 5.04. The Morgan fingerprint density at radius 2 is 2.06 bits per heavy atom. The topological polar surface area (TPSA) is 77.2 Å². The molecular formula is C11H19Cl2N3O2. The first-order chi connectivity index (χ1) is 7.54. The van der Waals surface area contributed by atoms with E-state index in [0.717, 1.165) is 11.4 Å². The molecule has 18 heavy (non-hydrogen) atoms. The van der Waals surface area contributed by atoms with Crippen molar-refractivity contribution in [3.63, 3.8) is 0 Å². The average Bonchev–Trinajstić information content (AvgIpc) is 2.22. The molecule has 5 nitrogen and oxygen atoms in total. The second-order valence-corrected chi connectivity index (χ2v) is 3.64. The van der Waals surface area contributed by atoms with Gasteiger partial charge in [0.2, 0.25) is 5.91 Å². The van der Waals surface area contributed by atoms with Gasteiger partial charge in [-0.05, 0) is 26.0 Å². The molecule has 1 heterocycles. The van der Waals surface area contributed by atoms with Gasteiger partial charge in [-0.15, -0.1) is 24.8 Å². The van der Waals surface area contributed by atoms with Crippen molar-refractivity contribution >= 4 is 36.4 Å². The Hall–Kier alpha value is -0.880. The van der Waals surface area contributed by atoms with E-state index in [1.165, 1.54) is 7.11 Å². The van der Waals surface area contributed by atoms with Crippen LogP contribution in [0.3, 0.4) is 0 Å². The normalized spacial score (nSPS) is 10.9. The number of rotatable bonds is 4. The highest BCUT2D eigenvalue weighted by atomic mass is 35.5. The number of amides is 1. The highest BCUT2D eigenvalue weighted by Crippen LogP contribution is 2.12. The largest absolute Gasteiger partial charge is 0.383 e. The van der Waals surface area contributed by atoms with Gasteiger partial charge in [0, 0.05) is 12.8 Å². The van der Waals surface area contributed by atoms with Crippen molar-refractivity contribution < 1.29 is 9.53 Å². The molecule has 0 radical (unpaired) electrons. The van der Waals surface area contributed by atoms with Crippen LogP contribution in [0, 0.1) is 13.8 Å². The minimum absolute atomic E-state index is 0. The van der Waals surface area contributed by atoms with Crippen molar-refractivity contribution in [1.82, 2.24) is 4.98 Å². The number of pyridine rings is 1. The number of nitrogens with two attached hydrogens (primary N) is 1. The first-order valence-corrected chi connectivity index (χ1v) is 5.04. The van der Waals surface area contributed by atoms with Crippen molar-refractivity contribution in [2.75, 3.05) is 19.0 Å². The van der Waals surface area contributed by atoms with E-state index >= 15 is 0 Å². The minimum atomic E-state index is -0.661. The number of methoxy groups -OCH3 is 1. The summed E-state index contributed by atoms with van der Waals surface area (Å²) in [7, 11) is 1.51. The Labute approximate surface area is 119 Å². The maximum absolute atomic E-state index is 11.6. The van der Waals surface area contributed by atoms with Crippen LogP contribution < -0.4 is 11.1 Å². The van der Waals surface area contributed by atoms with Gasteiger partial charge in [0.25, 0.3) is 0 Å². The van der Waals surface area contributed by atoms with Crippen LogP contribution >= 0.6 is 24.8 Å². The van der Waals surface area contributed by atoms with Crippen LogP contribution in [-0.2, 0) is 9.53 Å². The molecule has 0 fully saturated rings. The monoisotopic (exact) mass is 295 g/mol.